The maximum absolute atomic E-state index is 9.29. The van der Waals surface area contributed by atoms with E-state index in [2.05, 4.69) is 4.52 Å². The van der Waals surface area contributed by atoms with E-state index in [1.165, 1.54) is 0 Å². The molecule has 3 nitrogen and oxygen atoms in total. The SMILES string of the molecule is N#CCOP=O. The third kappa shape index (κ3) is 3.55. The molecule has 0 radical (unpaired) electrons. The van der Waals surface area contributed by atoms with E-state index in [1.807, 2.05) is 0 Å². The lowest BCUT2D eigenvalue weighted by Gasteiger charge is -1.70. The Balaban J connectivity index is 2.72. The van der Waals surface area contributed by atoms with E-state index in [4.69, 9.17) is 5.26 Å². The van der Waals surface area contributed by atoms with Crippen molar-refractivity contribution >= 4 is 8.69 Å². The molecular formula is C2H2NO2P. The summed E-state index contributed by atoms with van der Waals surface area (Å²) in [4.78, 5) is 0. The van der Waals surface area contributed by atoms with Crippen LogP contribution in [0.3, 0.4) is 0 Å². The molecule has 0 atom stereocenters. The van der Waals surface area contributed by atoms with E-state index in [0.717, 1.165) is 0 Å². The molecule has 0 unspecified atom stereocenters. The summed E-state index contributed by atoms with van der Waals surface area (Å²) in [6.07, 6.45) is 0. The van der Waals surface area contributed by atoms with Crippen molar-refractivity contribution < 1.29 is 9.09 Å². The lowest BCUT2D eigenvalue weighted by molar-refractivity contribution is 0.392. The summed E-state index contributed by atoms with van der Waals surface area (Å²) >= 11 is 0. The third-order valence-corrected chi connectivity index (χ3v) is 0.416. The second-order valence-corrected chi connectivity index (χ2v) is 0.913. The van der Waals surface area contributed by atoms with Gasteiger partial charge >= 0.3 is 8.69 Å². The van der Waals surface area contributed by atoms with Gasteiger partial charge in [-0.2, -0.15) is 5.26 Å². The van der Waals surface area contributed by atoms with Gasteiger partial charge in [0, 0.05) is 0 Å². The molecule has 0 heterocycles. The molecule has 0 bridgehead atoms. The van der Waals surface area contributed by atoms with Crippen LogP contribution in [0.1, 0.15) is 0 Å². The minimum atomic E-state index is -0.427. The molecule has 0 aliphatic carbocycles. The summed E-state index contributed by atoms with van der Waals surface area (Å²) in [7, 11) is -0.427. The Morgan fingerprint density at radius 1 is 2.00 bits per heavy atom. The van der Waals surface area contributed by atoms with Crippen LogP contribution in [-0.4, -0.2) is 6.61 Å². The Morgan fingerprint density at radius 2 is 2.67 bits per heavy atom. The Labute approximate surface area is 36.8 Å². The fraction of sp³-hybridized carbons (Fsp3) is 0.500. The molecule has 0 amide bonds. The molecule has 0 rings (SSSR count). The third-order valence-electron chi connectivity index (χ3n) is 0.182. The highest BCUT2D eigenvalue weighted by Crippen LogP contribution is 1.89. The predicted octanol–water partition coefficient (Wildman–Crippen LogP) is 0.733. The molecule has 0 aromatic rings. The van der Waals surface area contributed by atoms with Crippen LogP contribution >= 0.6 is 8.69 Å². The van der Waals surface area contributed by atoms with Crippen LogP contribution in [0, 0.1) is 11.3 Å². The van der Waals surface area contributed by atoms with Crippen molar-refractivity contribution in [3.05, 3.63) is 0 Å². The molecule has 0 aliphatic heterocycles. The fourth-order valence-corrected chi connectivity index (χ4v) is 0.166. The lowest BCUT2D eigenvalue weighted by Crippen LogP contribution is -1.70. The van der Waals surface area contributed by atoms with Gasteiger partial charge in [0.05, 0.1) is 6.07 Å². The van der Waals surface area contributed by atoms with Gasteiger partial charge in [-0.25, -0.2) is 4.57 Å². The van der Waals surface area contributed by atoms with Crippen molar-refractivity contribution in [3.63, 3.8) is 0 Å². The first-order valence-electron chi connectivity index (χ1n) is 1.23. The van der Waals surface area contributed by atoms with Crippen molar-refractivity contribution in [2.45, 2.75) is 0 Å². The van der Waals surface area contributed by atoms with Gasteiger partial charge in [-0.1, -0.05) is 0 Å². The number of hydrogen-bond acceptors (Lipinski definition) is 3. The van der Waals surface area contributed by atoms with Crippen LogP contribution in [0.15, 0.2) is 0 Å². The average Bonchev–Trinajstić information content (AvgIpc) is 1.61. The van der Waals surface area contributed by atoms with Crippen LogP contribution in [0.2, 0.25) is 0 Å². The van der Waals surface area contributed by atoms with Gasteiger partial charge in [-0.15, -0.1) is 0 Å². The first kappa shape index (κ1) is 5.55. The van der Waals surface area contributed by atoms with Gasteiger partial charge in [-0.3, -0.25) is 4.52 Å². The van der Waals surface area contributed by atoms with Gasteiger partial charge in [0.2, 0.25) is 0 Å². The van der Waals surface area contributed by atoms with Gasteiger partial charge in [0.15, 0.2) is 0 Å². The minimum absolute atomic E-state index is 0.106. The van der Waals surface area contributed by atoms with E-state index in [-0.39, 0.29) is 6.61 Å². The second kappa shape index (κ2) is 4.55. The maximum atomic E-state index is 9.29. The number of nitriles is 1. The Bertz CT molecular complexity index is 76.1. The van der Waals surface area contributed by atoms with Crippen molar-refractivity contribution in [2.75, 3.05) is 6.61 Å². The molecule has 0 aromatic carbocycles. The average molecular weight is 103 g/mol. The number of hydrogen-bond donors (Lipinski definition) is 0. The lowest BCUT2D eigenvalue weighted by atomic mass is 10.9. The van der Waals surface area contributed by atoms with E-state index >= 15 is 0 Å². The first-order chi connectivity index (χ1) is 2.91. The molecule has 32 valence electrons. The topological polar surface area (TPSA) is 50.1 Å². The summed E-state index contributed by atoms with van der Waals surface area (Å²) in [6.45, 7) is -0.106. The number of nitrogens with zero attached hydrogens (tertiary/aromatic N) is 1. The van der Waals surface area contributed by atoms with Gasteiger partial charge < -0.3 is 0 Å². The van der Waals surface area contributed by atoms with E-state index in [0.29, 0.717) is 0 Å². The zero-order valence-corrected chi connectivity index (χ0v) is 3.81. The molecule has 0 N–H and O–H groups in total. The van der Waals surface area contributed by atoms with Crippen LogP contribution in [0.4, 0.5) is 0 Å². The summed E-state index contributed by atoms with van der Waals surface area (Å²) in [5.74, 6) is 0. The van der Waals surface area contributed by atoms with E-state index < -0.39 is 8.69 Å². The zero-order valence-electron chi connectivity index (χ0n) is 2.92. The van der Waals surface area contributed by atoms with Crippen molar-refractivity contribution in [1.29, 1.82) is 5.26 Å². The van der Waals surface area contributed by atoms with Crippen LogP contribution in [0.25, 0.3) is 0 Å². The monoisotopic (exact) mass is 103 g/mol. The molecule has 0 aromatic heterocycles. The largest absolute Gasteiger partial charge is 0.328 e. The molecule has 0 saturated carbocycles. The smallest absolute Gasteiger partial charge is 0.279 e. The molecular weight excluding hydrogens is 101 g/mol. The molecule has 6 heavy (non-hydrogen) atoms. The van der Waals surface area contributed by atoms with Crippen molar-refractivity contribution in [3.8, 4) is 6.07 Å². The first-order valence-corrected chi connectivity index (χ1v) is 1.96. The Hall–Kier alpha value is -0.450. The molecule has 0 aliphatic rings. The number of rotatable bonds is 2. The fourth-order valence-electron chi connectivity index (χ4n) is 0.0552. The van der Waals surface area contributed by atoms with Crippen LogP contribution < -0.4 is 0 Å². The quantitative estimate of drug-likeness (QED) is 0.382. The van der Waals surface area contributed by atoms with Gasteiger partial charge in [0.1, 0.15) is 6.61 Å². The predicted molar refractivity (Wildman–Crippen MR) is 19.2 cm³/mol. The van der Waals surface area contributed by atoms with Crippen molar-refractivity contribution in [2.24, 2.45) is 0 Å². The molecule has 0 saturated heterocycles. The summed E-state index contributed by atoms with van der Waals surface area (Å²) < 4.78 is 13.3. The van der Waals surface area contributed by atoms with Gasteiger partial charge in [0.25, 0.3) is 0 Å². The molecule has 0 spiro atoms. The minimum Gasteiger partial charge on any atom is -0.279 e. The highest BCUT2D eigenvalue weighted by molar-refractivity contribution is 7.17. The Kier molecular flexibility index (Phi) is 4.21. The summed E-state index contributed by atoms with van der Waals surface area (Å²) in [5.41, 5.74) is 0. The van der Waals surface area contributed by atoms with E-state index in [1.54, 1.807) is 6.07 Å². The van der Waals surface area contributed by atoms with E-state index in [9.17, 15) is 4.57 Å². The van der Waals surface area contributed by atoms with Crippen LogP contribution in [0.5, 0.6) is 0 Å². The molecule has 0 fully saturated rings. The summed E-state index contributed by atoms with van der Waals surface area (Å²) in [5, 5.41) is 7.68. The highest BCUT2D eigenvalue weighted by Gasteiger charge is 1.72. The highest BCUT2D eigenvalue weighted by atomic mass is 31.1. The zero-order chi connectivity index (χ0) is 4.83. The molecule has 4 heteroatoms. The van der Waals surface area contributed by atoms with Gasteiger partial charge in [-0.05, 0) is 0 Å². The van der Waals surface area contributed by atoms with Crippen molar-refractivity contribution in [1.82, 2.24) is 0 Å². The second-order valence-electron chi connectivity index (χ2n) is 0.506. The normalized spacial score (nSPS) is 7.83. The standard InChI is InChI=1S/C2H2NO2P/c3-1-2-5-6-4/h2H2. The summed E-state index contributed by atoms with van der Waals surface area (Å²) in [6, 6.07) is 1.64. The van der Waals surface area contributed by atoms with Crippen LogP contribution in [-0.2, 0) is 9.09 Å². The maximum Gasteiger partial charge on any atom is 0.328 e. The Morgan fingerprint density at radius 3 is 2.83 bits per heavy atom.